The van der Waals surface area contributed by atoms with Gasteiger partial charge in [0.25, 0.3) is 0 Å². The summed E-state index contributed by atoms with van der Waals surface area (Å²) < 4.78 is 5.08. The molecule has 2 rings (SSSR count). The van der Waals surface area contributed by atoms with Crippen LogP contribution in [0.25, 0.3) is 0 Å². The van der Waals surface area contributed by atoms with Crippen LogP contribution in [0.1, 0.15) is 22.2 Å². The van der Waals surface area contributed by atoms with Crippen LogP contribution >= 0.6 is 11.3 Å². The summed E-state index contributed by atoms with van der Waals surface area (Å²) in [5.74, 6) is 0. The number of pyridine rings is 1. The summed E-state index contributed by atoms with van der Waals surface area (Å²) in [5.41, 5.74) is 1.06. The van der Waals surface area contributed by atoms with E-state index in [1.807, 2.05) is 24.0 Å². The number of aryl methyl sites for hydroxylation is 1. The zero-order valence-corrected chi connectivity index (χ0v) is 14.6. The molecule has 1 N–H and O–H groups in total. The third-order valence-corrected chi connectivity index (χ3v) is 4.32. The third-order valence-electron chi connectivity index (χ3n) is 3.34. The maximum Gasteiger partial charge on any atom is 0.318 e. The molecule has 2 aromatic heterocycles. The number of nitrogens with one attached hydrogen (secondary N) is 1. The van der Waals surface area contributed by atoms with E-state index in [1.54, 1.807) is 30.8 Å². The average molecular weight is 333 g/mol. The van der Waals surface area contributed by atoms with Gasteiger partial charge in [-0.3, -0.25) is 4.98 Å². The zero-order chi connectivity index (χ0) is 16.7. The highest BCUT2D eigenvalue weighted by Gasteiger charge is 2.17. The molecule has 0 saturated carbocycles. The molecule has 23 heavy (non-hydrogen) atoms. The van der Waals surface area contributed by atoms with Gasteiger partial charge in [-0.2, -0.15) is 0 Å². The molecule has 0 radical (unpaired) electrons. The van der Waals surface area contributed by atoms with Crippen molar-refractivity contribution in [1.29, 1.82) is 0 Å². The minimum Gasteiger partial charge on any atom is -0.383 e. The summed E-state index contributed by atoms with van der Waals surface area (Å²) in [4.78, 5) is 20.8. The number of thiophene rings is 1. The van der Waals surface area contributed by atoms with E-state index in [0.717, 1.165) is 5.56 Å². The van der Waals surface area contributed by atoms with Crippen LogP contribution < -0.4 is 5.32 Å². The molecule has 0 aromatic carbocycles. The van der Waals surface area contributed by atoms with Gasteiger partial charge in [-0.25, -0.2) is 4.79 Å². The maximum absolute atomic E-state index is 12.6. The minimum absolute atomic E-state index is 0.0301. The van der Waals surface area contributed by atoms with Crippen LogP contribution in [0, 0.1) is 6.92 Å². The van der Waals surface area contributed by atoms with E-state index in [4.69, 9.17) is 4.74 Å². The molecule has 124 valence electrons. The molecule has 0 saturated heterocycles. The Morgan fingerprint density at radius 2 is 2.04 bits per heavy atom. The van der Waals surface area contributed by atoms with Gasteiger partial charge in [0.1, 0.15) is 0 Å². The monoisotopic (exact) mass is 333 g/mol. The summed E-state index contributed by atoms with van der Waals surface area (Å²) in [5, 5.41) is 2.98. The van der Waals surface area contributed by atoms with Crippen LogP contribution in [0.15, 0.2) is 36.7 Å². The van der Waals surface area contributed by atoms with Gasteiger partial charge in [0.15, 0.2) is 0 Å². The Kier molecular flexibility index (Phi) is 6.55. The van der Waals surface area contributed by atoms with Crippen molar-refractivity contribution in [3.05, 3.63) is 52.0 Å². The van der Waals surface area contributed by atoms with Gasteiger partial charge in [0, 0.05) is 35.8 Å². The van der Waals surface area contributed by atoms with E-state index >= 15 is 0 Å². The second kappa shape index (κ2) is 8.64. The fourth-order valence-electron chi connectivity index (χ4n) is 2.26. The summed E-state index contributed by atoms with van der Waals surface area (Å²) in [6.45, 7) is 5.63. The second-order valence-corrected chi connectivity index (χ2v) is 6.90. The molecule has 0 aliphatic carbocycles. The summed E-state index contributed by atoms with van der Waals surface area (Å²) in [6, 6.07) is 7.90. The lowest BCUT2D eigenvalue weighted by Gasteiger charge is -2.25. The number of nitrogens with zero attached hydrogens (tertiary/aromatic N) is 2. The highest BCUT2D eigenvalue weighted by Crippen LogP contribution is 2.18. The van der Waals surface area contributed by atoms with Crippen molar-refractivity contribution >= 4 is 17.4 Å². The van der Waals surface area contributed by atoms with Crippen LogP contribution in [0.5, 0.6) is 0 Å². The van der Waals surface area contributed by atoms with Crippen LogP contribution in [-0.2, 0) is 17.8 Å². The minimum atomic E-state index is -0.0857. The standard InChI is InChI=1S/C17H23N3O2S/c1-13(12-22-3)19-17(21)20(10-15-6-8-18-9-7-15)11-16-5-4-14(2)23-16/h4-9,13H,10-12H2,1-3H3,(H,19,21). The number of rotatable bonds is 7. The quantitative estimate of drug-likeness (QED) is 0.846. The van der Waals surface area contributed by atoms with Crippen molar-refractivity contribution in [1.82, 2.24) is 15.2 Å². The van der Waals surface area contributed by atoms with E-state index in [0.29, 0.717) is 19.7 Å². The average Bonchev–Trinajstić information content (AvgIpc) is 2.93. The Labute approximate surface area is 141 Å². The summed E-state index contributed by atoms with van der Waals surface area (Å²) in [6.07, 6.45) is 3.49. The van der Waals surface area contributed by atoms with Gasteiger partial charge < -0.3 is 15.0 Å². The first-order valence-electron chi connectivity index (χ1n) is 7.57. The molecule has 2 aromatic rings. The lowest BCUT2D eigenvalue weighted by atomic mass is 10.2. The van der Waals surface area contributed by atoms with E-state index in [9.17, 15) is 4.79 Å². The SMILES string of the molecule is COCC(C)NC(=O)N(Cc1ccncc1)Cc1ccc(C)s1. The topological polar surface area (TPSA) is 54.5 Å². The van der Waals surface area contributed by atoms with E-state index < -0.39 is 0 Å². The van der Waals surface area contributed by atoms with Crippen molar-refractivity contribution in [3.8, 4) is 0 Å². The normalized spacial score (nSPS) is 12.0. The summed E-state index contributed by atoms with van der Waals surface area (Å²) >= 11 is 1.71. The largest absolute Gasteiger partial charge is 0.383 e. The predicted molar refractivity (Wildman–Crippen MR) is 92.4 cm³/mol. The number of hydrogen-bond acceptors (Lipinski definition) is 4. The van der Waals surface area contributed by atoms with E-state index in [2.05, 4.69) is 29.4 Å². The number of ether oxygens (including phenoxy) is 1. The first kappa shape index (κ1) is 17.4. The van der Waals surface area contributed by atoms with Gasteiger partial charge in [-0.1, -0.05) is 0 Å². The lowest BCUT2D eigenvalue weighted by molar-refractivity contribution is 0.157. The zero-order valence-electron chi connectivity index (χ0n) is 13.8. The Morgan fingerprint density at radius 3 is 2.65 bits per heavy atom. The second-order valence-electron chi connectivity index (χ2n) is 5.53. The predicted octanol–water partition coefficient (Wildman–Crippen LogP) is 3.20. The Hall–Kier alpha value is -1.92. The molecule has 0 aliphatic heterocycles. The van der Waals surface area contributed by atoms with Gasteiger partial charge in [0.2, 0.25) is 0 Å². The molecule has 0 bridgehead atoms. The smallest absolute Gasteiger partial charge is 0.318 e. The van der Waals surface area contributed by atoms with E-state index in [1.165, 1.54) is 9.75 Å². The Bertz CT molecular complexity index is 615. The molecule has 1 atom stereocenters. The lowest BCUT2D eigenvalue weighted by Crippen LogP contribution is -2.44. The first-order valence-corrected chi connectivity index (χ1v) is 8.38. The van der Waals surface area contributed by atoms with Gasteiger partial charge in [-0.05, 0) is 43.7 Å². The molecule has 0 spiro atoms. The van der Waals surface area contributed by atoms with Crippen LogP contribution in [0.2, 0.25) is 0 Å². The number of amides is 2. The number of hydrogen-bond donors (Lipinski definition) is 1. The number of methoxy groups -OCH3 is 1. The van der Waals surface area contributed by atoms with Crippen LogP contribution in [-0.4, -0.2) is 35.7 Å². The molecule has 0 fully saturated rings. The molecular formula is C17H23N3O2S. The van der Waals surface area contributed by atoms with Crippen molar-refractivity contribution in [2.75, 3.05) is 13.7 Å². The van der Waals surface area contributed by atoms with Crippen LogP contribution in [0.4, 0.5) is 4.79 Å². The molecule has 0 aliphatic rings. The maximum atomic E-state index is 12.6. The Morgan fingerprint density at radius 1 is 1.30 bits per heavy atom. The van der Waals surface area contributed by atoms with Gasteiger partial charge in [0.05, 0.1) is 19.2 Å². The molecule has 5 nitrogen and oxygen atoms in total. The first-order chi connectivity index (χ1) is 11.1. The number of aromatic nitrogens is 1. The number of urea groups is 1. The molecule has 2 amide bonds. The van der Waals surface area contributed by atoms with Gasteiger partial charge in [-0.15, -0.1) is 11.3 Å². The van der Waals surface area contributed by atoms with Crippen molar-refractivity contribution in [2.45, 2.75) is 33.0 Å². The van der Waals surface area contributed by atoms with Gasteiger partial charge >= 0.3 is 6.03 Å². The summed E-state index contributed by atoms with van der Waals surface area (Å²) in [7, 11) is 1.63. The van der Waals surface area contributed by atoms with Crippen molar-refractivity contribution in [3.63, 3.8) is 0 Å². The van der Waals surface area contributed by atoms with Crippen LogP contribution in [0.3, 0.4) is 0 Å². The van der Waals surface area contributed by atoms with Crippen molar-refractivity contribution < 1.29 is 9.53 Å². The Balaban J connectivity index is 2.08. The fourth-order valence-corrected chi connectivity index (χ4v) is 3.17. The molecule has 1 unspecified atom stereocenters. The van der Waals surface area contributed by atoms with E-state index in [-0.39, 0.29) is 12.1 Å². The highest BCUT2D eigenvalue weighted by molar-refractivity contribution is 7.11. The molecule has 6 heteroatoms. The number of carbonyl (C=O) groups excluding carboxylic acids is 1. The third kappa shape index (κ3) is 5.65. The fraction of sp³-hybridized carbons (Fsp3) is 0.412. The number of carbonyl (C=O) groups is 1. The molecule has 2 heterocycles. The molecular weight excluding hydrogens is 310 g/mol. The van der Waals surface area contributed by atoms with Crippen molar-refractivity contribution in [2.24, 2.45) is 0 Å². The highest BCUT2D eigenvalue weighted by atomic mass is 32.1.